The van der Waals surface area contributed by atoms with Crippen LogP contribution >= 0.6 is 0 Å². The van der Waals surface area contributed by atoms with Gasteiger partial charge in [0.05, 0.1) is 6.20 Å². The highest BCUT2D eigenvalue weighted by molar-refractivity contribution is 5.50. The molecule has 2 aromatic rings. The molecule has 0 saturated carbocycles. The lowest BCUT2D eigenvalue weighted by Crippen LogP contribution is -2.20. The van der Waals surface area contributed by atoms with Gasteiger partial charge in [0.25, 0.3) is 0 Å². The standard InChI is InChI=1S/C13H19N3/c1-4-7-13(3,5-2)11-10-15-16-9-6-8-14-12(11)16/h6,8-10H,4-5,7H2,1-3H3. The smallest absolute Gasteiger partial charge is 0.158 e. The van der Waals surface area contributed by atoms with Gasteiger partial charge in [-0.05, 0) is 24.3 Å². The van der Waals surface area contributed by atoms with Gasteiger partial charge >= 0.3 is 0 Å². The molecule has 3 nitrogen and oxygen atoms in total. The van der Waals surface area contributed by atoms with E-state index < -0.39 is 0 Å². The van der Waals surface area contributed by atoms with Crippen molar-refractivity contribution in [2.75, 3.05) is 0 Å². The van der Waals surface area contributed by atoms with Crippen LogP contribution in [0.3, 0.4) is 0 Å². The van der Waals surface area contributed by atoms with Crippen LogP contribution < -0.4 is 0 Å². The predicted octanol–water partition coefficient (Wildman–Crippen LogP) is 3.20. The molecule has 3 heteroatoms. The Morgan fingerprint density at radius 1 is 1.38 bits per heavy atom. The molecule has 16 heavy (non-hydrogen) atoms. The van der Waals surface area contributed by atoms with Crippen LogP contribution in [0.4, 0.5) is 0 Å². The third-order valence-electron chi connectivity index (χ3n) is 3.51. The Morgan fingerprint density at radius 2 is 2.19 bits per heavy atom. The molecule has 0 amide bonds. The van der Waals surface area contributed by atoms with Gasteiger partial charge in [0, 0.05) is 18.0 Å². The Labute approximate surface area is 96.5 Å². The zero-order chi connectivity index (χ0) is 11.6. The Kier molecular flexibility index (Phi) is 2.95. The third-order valence-corrected chi connectivity index (χ3v) is 3.51. The molecule has 1 unspecified atom stereocenters. The van der Waals surface area contributed by atoms with Crippen molar-refractivity contribution in [2.45, 2.75) is 45.4 Å². The summed E-state index contributed by atoms with van der Waals surface area (Å²) in [5, 5.41) is 4.37. The summed E-state index contributed by atoms with van der Waals surface area (Å²) in [6.45, 7) is 6.78. The van der Waals surface area contributed by atoms with E-state index in [1.165, 1.54) is 18.4 Å². The number of rotatable bonds is 4. The first-order valence-corrected chi connectivity index (χ1v) is 6.00. The van der Waals surface area contributed by atoms with Crippen molar-refractivity contribution in [3.63, 3.8) is 0 Å². The van der Waals surface area contributed by atoms with Crippen molar-refractivity contribution in [3.8, 4) is 0 Å². The summed E-state index contributed by atoms with van der Waals surface area (Å²) < 4.78 is 1.86. The molecule has 0 N–H and O–H groups in total. The molecule has 86 valence electrons. The van der Waals surface area contributed by atoms with Crippen molar-refractivity contribution in [3.05, 3.63) is 30.2 Å². The summed E-state index contributed by atoms with van der Waals surface area (Å²) in [5.41, 5.74) is 2.47. The second-order valence-corrected chi connectivity index (χ2v) is 4.61. The molecule has 0 saturated heterocycles. The van der Waals surface area contributed by atoms with Crippen molar-refractivity contribution < 1.29 is 0 Å². The van der Waals surface area contributed by atoms with E-state index in [1.807, 2.05) is 29.2 Å². The van der Waals surface area contributed by atoms with Crippen LogP contribution in [0, 0.1) is 0 Å². The maximum atomic E-state index is 4.44. The first-order chi connectivity index (χ1) is 7.71. The van der Waals surface area contributed by atoms with Crippen molar-refractivity contribution in [1.82, 2.24) is 14.6 Å². The van der Waals surface area contributed by atoms with Crippen LogP contribution in [0.15, 0.2) is 24.7 Å². The minimum atomic E-state index is 0.199. The minimum Gasteiger partial charge on any atom is -0.237 e. The Hall–Kier alpha value is -1.38. The molecular formula is C13H19N3. The molecule has 2 heterocycles. The molecule has 2 rings (SSSR count). The zero-order valence-corrected chi connectivity index (χ0v) is 10.3. The van der Waals surface area contributed by atoms with Crippen molar-refractivity contribution in [2.24, 2.45) is 0 Å². The lowest BCUT2D eigenvalue weighted by atomic mass is 9.78. The average molecular weight is 217 g/mol. The molecule has 0 aliphatic heterocycles. The van der Waals surface area contributed by atoms with Crippen LogP contribution in [0.1, 0.15) is 45.6 Å². The second kappa shape index (κ2) is 4.24. The summed E-state index contributed by atoms with van der Waals surface area (Å²) in [6, 6.07) is 1.91. The fourth-order valence-corrected chi connectivity index (χ4v) is 2.31. The van der Waals surface area contributed by atoms with Gasteiger partial charge in [-0.15, -0.1) is 0 Å². The summed E-state index contributed by atoms with van der Waals surface area (Å²) in [5.74, 6) is 0. The number of nitrogens with zero attached hydrogens (tertiary/aromatic N) is 3. The fourth-order valence-electron chi connectivity index (χ4n) is 2.31. The largest absolute Gasteiger partial charge is 0.237 e. The van der Waals surface area contributed by atoms with E-state index in [1.54, 1.807) is 0 Å². The van der Waals surface area contributed by atoms with Gasteiger partial charge in [-0.2, -0.15) is 5.10 Å². The van der Waals surface area contributed by atoms with Gasteiger partial charge in [0.2, 0.25) is 0 Å². The number of fused-ring (bicyclic) bond motifs is 1. The van der Waals surface area contributed by atoms with Gasteiger partial charge < -0.3 is 0 Å². The van der Waals surface area contributed by atoms with E-state index in [4.69, 9.17) is 0 Å². The number of hydrogen-bond acceptors (Lipinski definition) is 2. The summed E-state index contributed by atoms with van der Waals surface area (Å²) in [6.07, 6.45) is 9.26. The van der Waals surface area contributed by atoms with Crippen molar-refractivity contribution in [1.29, 1.82) is 0 Å². The fraction of sp³-hybridized carbons (Fsp3) is 0.538. The van der Waals surface area contributed by atoms with E-state index in [0.29, 0.717) is 0 Å². The van der Waals surface area contributed by atoms with Gasteiger partial charge in [0.15, 0.2) is 5.65 Å². The van der Waals surface area contributed by atoms with E-state index in [2.05, 4.69) is 30.9 Å². The number of hydrogen-bond donors (Lipinski definition) is 0. The third kappa shape index (κ3) is 1.70. The second-order valence-electron chi connectivity index (χ2n) is 4.61. The van der Waals surface area contributed by atoms with Crippen molar-refractivity contribution >= 4 is 5.65 Å². The van der Waals surface area contributed by atoms with Crippen LogP contribution in [-0.4, -0.2) is 14.6 Å². The minimum absolute atomic E-state index is 0.199. The molecule has 0 aliphatic carbocycles. The molecule has 0 aliphatic rings. The maximum Gasteiger partial charge on any atom is 0.158 e. The zero-order valence-electron chi connectivity index (χ0n) is 10.3. The monoisotopic (exact) mass is 217 g/mol. The van der Waals surface area contributed by atoms with Crippen LogP contribution in [0.2, 0.25) is 0 Å². The molecule has 0 spiro atoms. The van der Waals surface area contributed by atoms with Gasteiger partial charge in [-0.1, -0.05) is 27.2 Å². The highest BCUT2D eigenvalue weighted by Gasteiger charge is 2.27. The summed E-state index contributed by atoms with van der Waals surface area (Å²) in [4.78, 5) is 4.44. The average Bonchev–Trinajstić information content (AvgIpc) is 2.73. The van der Waals surface area contributed by atoms with Crippen LogP contribution in [0.25, 0.3) is 5.65 Å². The SMILES string of the molecule is CCCC(C)(CC)c1cnn2cccnc12. The van der Waals surface area contributed by atoms with Gasteiger partial charge in [-0.3, -0.25) is 0 Å². The molecule has 0 aromatic carbocycles. The summed E-state index contributed by atoms with van der Waals surface area (Å²) in [7, 11) is 0. The topological polar surface area (TPSA) is 30.2 Å². The molecule has 0 bridgehead atoms. The summed E-state index contributed by atoms with van der Waals surface area (Å²) >= 11 is 0. The lowest BCUT2D eigenvalue weighted by molar-refractivity contribution is 0.416. The van der Waals surface area contributed by atoms with Crippen LogP contribution in [-0.2, 0) is 5.41 Å². The highest BCUT2D eigenvalue weighted by Crippen LogP contribution is 2.34. The van der Waals surface area contributed by atoms with Gasteiger partial charge in [-0.25, -0.2) is 9.50 Å². The van der Waals surface area contributed by atoms with Crippen LogP contribution in [0.5, 0.6) is 0 Å². The molecule has 0 radical (unpaired) electrons. The molecule has 0 fully saturated rings. The molecule has 2 aromatic heterocycles. The number of aromatic nitrogens is 3. The Morgan fingerprint density at radius 3 is 2.88 bits per heavy atom. The first kappa shape index (κ1) is 11.1. The Bertz CT molecular complexity index is 475. The Balaban J connectivity index is 2.53. The first-order valence-electron chi connectivity index (χ1n) is 6.00. The molecular weight excluding hydrogens is 198 g/mol. The van der Waals surface area contributed by atoms with E-state index in [-0.39, 0.29) is 5.41 Å². The predicted molar refractivity (Wildman–Crippen MR) is 65.5 cm³/mol. The highest BCUT2D eigenvalue weighted by atomic mass is 15.2. The normalized spacial score (nSPS) is 15.2. The lowest BCUT2D eigenvalue weighted by Gasteiger charge is -2.26. The maximum absolute atomic E-state index is 4.44. The van der Waals surface area contributed by atoms with E-state index in [9.17, 15) is 0 Å². The van der Waals surface area contributed by atoms with E-state index in [0.717, 1.165) is 12.1 Å². The molecule has 1 atom stereocenters. The van der Waals surface area contributed by atoms with Gasteiger partial charge in [0.1, 0.15) is 0 Å². The van der Waals surface area contributed by atoms with E-state index >= 15 is 0 Å². The quantitative estimate of drug-likeness (QED) is 0.787.